The van der Waals surface area contributed by atoms with Crippen molar-refractivity contribution < 1.29 is 4.79 Å². The summed E-state index contributed by atoms with van der Waals surface area (Å²) in [5.74, 6) is 0.890. The molecule has 0 radical (unpaired) electrons. The minimum absolute atomic E-state index is 0.0339. The Balaban J connectivity index is 1.77. The normalized spacial score (nSPS) is 13.3. The molecular weight excluding hydrogens is 453 g/mol. The van der Waals surface area contributed by atoms with Crippen molar-refractivity contribution in [1.82, 2.24) is 25.0 Å². The summed E-state index contributed by atoms with van der Waals surface area (Å²) < 4.78 is 1.97. The average Bonchev–Trinajstić information content (AvgIpc) is 3.16. The fraction of sp³-hybridized carbons (Fsp3) is 0.318. The van der Waals surface area contributed by atoms with Crippen molar-refractivity contribution in [3.05, 3.63) is 70.0 Å². The lowest BCUT2D eigenvalue weighted by Crippen LogP contribution is -2.28. The lowest BCUT2D eigenvalue weighted by atomic mass is 10.1. The zero-order valence-electron chi connectivity index (χ0n) is 17.8. The third-order valence-electron chi connectivity index (χ3n) is 4.97. The van der Waals surface area contributed by atoms with Gasteiger partial charge < -0.3 is 5.32 Å². The Bertz CT molecular complexity index is 1040. The van der Waals surface area contributed by atoms with Crippen LogP contribution in [0.15, 0.2) is 53.7 Å². The SMILES string of the molecule is CC(NC(=O)CSc1nnc(C(C)N(C)C)n1-c1ccc(Cl)cc1)c1ccccc1Cl. The first-order chi connectivity index (χ1) is 14.8. The van der Waals surface area contributed by atoms with Gasteiger partial charge in [-0.1, -0.05) is 53.2 Å². The predicted octanol–water partition coefficient (Wildman–Crippen LogP) is 5.17. The molecule has 2 aromatic carbocycles. The number of halogens is 2. The van der Waals surface area contributed by atoms with Gasteiger partial charge in [-0.25, -0.2) is 0 Å². The van der Waals surface area contributed by atoms with E-state index in [9.17, 15) is 4.79 Å². The summed E-state index contributed by atoms with van der Waals surface area (Å²) >= 11 is 13.6. The maximum absolute atomic E-state index is 12.6. The van der Waals surface area contributed by atoms with Gasteiger partial charge in [0.2, 0.25) is 5.91 Å². The molecule has 0 fully saturated rings. The van der Waals surface area contributed by atoms with Gasteiger partial charge in [-0.2, -0.15) is 0 Å². The van der Waals surface area contributed by atoms with Crippen LogP contribution in [0.3, 0.4) is 0 Å². The highest BCUT2D eigenvalue weighted by Crippen LogP contribution is 2.28. The predicted molar refractivity (Wildman–Crippen MR) is 127 cm³/mol. The van der Waals surface area contributed by atoms with Crippen LogP contribution in [-0.2, 0) is 4.79 Å². The molecule has 3 aromatic rings. The zero-order chi connectivity index (χ0) is 22.5. The molecule has 0 aliphatic rings. The summed E-state index contributed by atoms with van der Waals surface area (Å²) in [5.41, 5.74) is 1.78. The van der Waals surface area contributed by atoms with E-state index in [1.54, 1.807) is 0 Å². The lowest BCUT2D eigenvalue weighted by molar-refractivity contribution is -0.119. The number of carbonyl (C=O) groups is 1. The quantitative estimate of drug-likeness (QED) is 0.453. The standard InChI is InChI=1S/C22H25Cl2N5OS/c1-14(18-7-5-6-8-19(18)24)25-20(30)13-31-22-27-26-21(15(2)28(3)4)29(22)17-11-9-16(23)10-12-17/h5-12,14-15H,13H2,1-4H3,(H,25,30). The lowest BCUT2D eigenvalue weighted by Gasteiger charge is -2.20. The Morgan fingerprint density at radius 3 is 2.42 bits per heavy atom. The second-order valence-electron chi connectivity index (χ2n) is 7.39. The molecule has 1 aromatic heterocycles. The van der Waals surface area contributed by atoms with Crippen molar-refractivity contribution in [3.63, 3.8) is 0 Å². The van der Waals surface area contributed by atoms with E-state index < -0.39 is 0 Å². The fourth-order valence-corrected chi connectivity index (χ4v) is 4.22. The van der Waals surface area contributed by atoms with E-state index in [4.69, 9.17) is 23.2 Å². The molecule has 0 aliphatic heterocycles. The molecule has 0 saturated carbocycles. The molecule has 31 heavy (non-hydrogen) atoms. The van der Waals surface area contributed by atoms with Crippen LogP contribution in [-0.4, -0.2) is 45.4 Å². The van der Waals surface area contributed by atoms with E-state index in [1.807, 2.05) is 74.1 Å². The van der Waals surface area contributed by atoms with E-state index in [0.717, 1.165) is 17.1 Å². The summed E-state index contributed by atoms with van der Waals surface area (Å²) in [6, 6.07) is 14.8. The molecule has 3 rings (SSSR count). The van der Waals surface area contributed by atoms with E-state index in [2.05, 4.69) is 27.3 Å². The van der Waals surface area contributed by atoms with Crippen LogP contribution in [0.2, 0.25) is 10.0 Å². The summed E-state index contributed by atoms with van der Waals surface area (Å²) in [6.45, 7) is 3.97. The van der Waals surface area contributed by atoms with E-state index >= 15 is 0 Å². The molecule has 1 amide bonds. The van der Waals surface area contributed by atoms with Crippen molar-refractivity contribution in [1.29, 1.82) is 0 Å². The Morgan fingerprint density at radius 2 is 1.77 bits per heavy atom. The second-order valence-corrected chi connectivity index (χ2v) is 9.18. The Morgan fingerprint density at radius 1 is 1.10 bits per heavy atom. The van der Waals surface area contributed by atoms with Crippen molar-refractivity contribution in [2.24, 2.45) is 0 Å². The number of hydrogen-bond acceptors (Lipinski definition) is 5. The van der Waals surface area contributed by atoms with Crippen LogP contribution >= 0.6 is 35.0 Å². The van der Waals surface area contributed by atoms with Gasteiger partial charge in [-0.3, -0.25) is 14.3 Å². The number of amides is 1. The highest BCUT2D eigenvalue weighted by molar-refractivity contribution is 7.99. The minimum Gasteiger partial charge on any atom is -0.349 e. The molecule has 0 aliphatic carbocycles. The maximum Gasteiger partial charge on any atom is 0.230 e. The van der Waals surface area contributed by atoms with Crippen molar-refractivity contribution in [2.45, 2.75) is 31.1 Å². The second kappa shape index (κ2) is 10.5. The van der Waals surface area contributed by atoms with Crippen LogP contribution in [0.4, 0.5) is 0 Å². The smallest absolute Gasteiger partial charge is 0.230 e. The molecule has 2 unspecified atom stereocenters. The first kappa shape index (κ1) is 23.6. The van der Waals surface area contributed by atoms with Crippen molar-refractivity contribution >= 4 is 40.9 Å². The maximum atomic E-state index is 12.6. The van der Waals surface area contributed by atoms with Crippen LogP contribution in [0.5, 0.6) is 0 Å². The molecule has 6 nitrogen and oxygen atoms in total. The number of rotatable bonds is 8. The van der Waals surface area contributed by atoms with Gasteiger partial charge in [-0.05, 0) is 63.8 Å². The average molecular weight is 478 g/mol. The highest BCUT2D eigenvalue weighted by atomic mass is 35.5. The van der Waals surface area contributed by atoms with Crippen LogP contribution in [0.1, 0.15) is 37.3 Å². The third kappa shape index (κ3) is 5.80. The summed E-state index contributed by atoms with van der Waals surface area (Å²) in [7, 11) is 3.98. The monoisotopic (exact) mass is 477 g/mol. The molecule has 0 spiro atoms. The van der Waals surface area contributed by atoms with Gasteiger partial charge in [0.05, 0.1) is 17.8 Å². The molecule has 1 heterocycles. The molecule has 0 bridgehead atoms. The summed E-state index contributed by atoms with van der Waals surface area (Å²) in [4.78, 5) is 14.7. The Labute approximate surface area is 196 Å². The number of nitrogens with zero attached hydrogens (tertiary/aromatic N) is 4. The molecule has 9 heteroatoms. The third-order valence-corrected chi connectivity index (χ3v) is 6.50. The number of benzene rings is 2. The van der Waals surface area contributed by atoms with Gasteiger partial charge in [0.1, 0.15) is 0 Å². The summed E-state index contributed by atoms with van der Waals surface area (Å²) in [6.07, 6.45) is 0. The van der Waals surface area contributed by atoms with Crippen molar-refractivity contribution in [3.8, 4) is 5.69 Å². The van der Waals surface area contributed by atoms with Gasteiger partial charge in [0.15, 0.2) is 11.0 Å². The number of thioether (sulfide) groups is 1. The fourth-order valence-electron chi connectivity index (χ4n) is 3.03. The molecule has 0 saturated heterocycles. The van der Waals surface area contributed by atoms with Crippen LogP contribution in [0, 0.1) is 0 Å². The van der Waals surface area contributed by atoms with E-state index in [0.29, 0.717) is 15.2 Å². The molecule has 2 atom stereocenters. The van der Waals surface area contributed by atoms with Gasteiger partial charge in [-0.15, -0.1) is 10.2 Å². The number of nitrogens with one attached hydrogen (secondary N) is 1. The number of hydrogen-bond donors (Lipinski definition) is 1. The zero-order valence-corrected chi connectivity index (χ0v) is 20.2. The van der Waals surface area contributed by atoms with Crippen LogP contribution in [0.25, 0.3) is 5.69 Å². The van der Waals surface area contributed by atoms with Gasteiger partial charge >= 0.3 is 0 Å². The van der Waals surface area contributed by atoms with Crippen LogP contribution < -0.4 is 5.32 Å². The molecule has 164 valence electrons. The van der Waals surface area contributed by atoms with Crippen molar-refractivity contribution in [2.75, 3.05) is 19.8 Å². The van der Waals surface area contributed by atoms with E-state index in [1.165, 1.54) is 11.8 Å². The Kier molecular flexibility index (Phi) is 8.00. The van der Waals surface area contributed by atoms with E-state index in [-0.39, 0.29) is 23.7 Å². The number of aromatic nitrogens is 3. The van der Waals surface area contributed by atoms with Gasteiger partial charge in [0, 0.05) is 15.7 Å². The number of carbonyl (C=O) groups excluding carboxylic acids is 1. The first-order valence-corrected chi connectivity index (χ1v) is 11.6. The highest BCUT2D eigenvalue weighted by Gasteiger charge is 2.22. The van der Waals surface area contributed by atoms with Gasteiger partial charge in [0.25, 0.3) is 0 Å². The minimum atomic E-state index is -0.194. The Hall–Kier alpha value is -2.06. The molecule has 1 N–H and O–H groups in total. The first-order valence-electron chi connectivity index (χ1n) is 9.82. The molecular formula is C22H25Cl2N5OS. The summed E-state index contributed by atoms with van der Waals surface area (Å²) in [5, 5.41) is 13.7. The largest absolute Gasteiger partial charge is 0.349 e. The topological polar surface area (TPSA) is 63.1 Å².